The summed E-state index contributed by atoms with van der Waals surface area (Å²) in [5.74, 6) is -0.165. The number of nitrogens with two attached hydrogens (primary N) is 1. The monoisotopic (exact) mass is 299 g/mol. The number of rotatable bonds is 8. The minimum atomic E-state index is -0.165. The van der Waals surface area contributed by atoms with Crippen LogP contribution in [-0.4, -0.2) is 42.2 Å². The van der Waals surface area contributed by atoms with Crippen molar-refractivity contribution < 1.29 is 9.90 Å². The number of nitrogens with zero attached hydrogens (tertiary/aromatic N) is 1. The number of carbonyl (C=O) groups is 1. The van der Waals surface area contributed by atoms with Gasteiger partial charge < -0.3 is 16.2 Å². The highest BCUT2D eigenvalue weighted by Gasteiger charge is 2.11. The van der Waals surface area contributed by atoms with Gasteiger partial charge in [-0.1, -0.05) is 24.9 Å². The molecule has 4 N–H and O–H groups in total. The Kier molecular flexibility index (Phi) is 7.36. The number of nitrogens with one attached hydrogen (secondary N) is 1. The fourth-order valence-electron chi connectivity index (χ4n) is 1.82. The molecule has 1 aromatic carbocycles. The second-order valence-corrected chi connectivity index (χ2v) is 5.05. The molecule has 0 saturated carbocycles. The van der Waals surface area contributed by atoms with Gasteiger partial charge in [0, 0.05) is 12.2 Å². The van der Waals surface area contributed by atoms with Crippen LogP contribution < -0.4 is 11.1 Å². The van der Waals surface area contributed by atoms with Crippen molar-refractivity contribution in [3.63, 3.8) is 0 Å². The average molecular weight is 300 g/mol. The molecule has 20 heavy (non-hydrogen) atoms. The Morgan fingerprint density at radius 3 is 2.85 bits per heavy atom. The highest BCUT2D eigenvalue weighted by atomic mass is 35.5. The van der Waals surface area contributed by atoms with Gasteiger partial charge in [0.15, 0.2) is 0 Å². The molecular formula is C14H22ClN3O2. The summed E-state index contributed by atoms with van der Waals surface area (Å²) in [7, 11) is 0. The van der Waals surface area contributed by atoms with E-state index in [9.17, 15) is 4.79 Å². The van der Waals surface area contributed by atoms with Crippen LogP contribution in [0, 0.1) is 0 Å². The topological polar surface area (TPSA) is 78.6 Å². The van der Waals surface area contributed by atoms with E-state index in [-0.39, 0.29) is 19.1 Å². The molecule has 0 fully saturated rings. The standard InChI is InChI=1S/C14H22ClN3O2/c1-2-3-6-18(7-8-19)10-14(20)17-13-9-11(16)4-5-12(13)15/h4-5,9,19H,2-3,6-8,10,16H2,1H3,(H,17,20). The highest BCUT2D eigenvalue weighted by molar-refractivity contribution is 6.33. The molecule has 0 aliphatic heterocycles. The summed E-state index contributed by atoms with van der Waals surface area (Å²) < 4.78 is 0. The summed E-state index contributed by atoms with van der Waals surface area (Å²) in [6, 6.07) is 4.95. The fraction of sp³-hybridized carbons (Fsp3) is 0.500. The summed E-state index contributed by atoms with van der Waals surface area (Å²) in [5.41, 5.74) is 6.72. The third-order valence-electron chi connectivity index (χ3n) is 2.88. The van der Waals surface area contributed by atoms with Crippen molar-refractivity contribution in [2.75, 3.05) is 37.3 Å². The molecule has 0 spiro atoms. The number of unbranched alkanes of at least 4 members (excludes halogenated alkanes) is 1. The number of aliphatic hydroxyl groups excluding tert-OH is 1. The Labute approximate surface area is 124 Å². The van der Waals surface area contributed by atoms with Gasteiger partial charge in [-0.05, 0) is 31.2 Å². The van der Waals surface area contributed by atoms with Crippen molar-refractivity contribution in [2.45, 2.75) is 19.8 Å². The van der Waals surface area contributed by atoms with E-state index in [0.29, 0.717) is 22.9 Å². The van der Waals surface area contributed by atoms with Crippen molar-refractivity contribution in [1.29, 1.82) is 0 Å². The van der Waals surface area contributed by atoms with Gasteiger partial charge in [-0.2, -0.15) is 0 Å². The van der Waals surface area contributed by atoms with Crippen LogP contribution in [-0.2, 0) is 4.79 Å². The molecule has 0 saturated heterocycles. The maximum absolute atomic E-state index is 12.0. The molecule has 0 radical (unpaired) electrons. The molecule has 0 aromatic heterocycles. The second kappa shape index (κ2) is 8.79. The number of amides is 1. The van der Waals surface area contributed by atoms with E-state index in [1.54, 1.807) is 18.2 Å². The summed E-state index contributed by atoms with van der Waals surface area (Å²) in [4.78, 5) is 13.9. The van der Waals surface area contributed by atoms with E-state index >= 15 is 0 Å². The Morgan fingerprint density at radius 1 is 1.45 bits per heavy atom. The highest BCUT2D eigenvalue weighted by Crippen LogP contribution is 2.23. The first-order chi connectivity index (χ1) is 9.56. The minimum absolute atomic E-state index is 0.0377. The van der Waals surface area contributed by atoms with E-state index in [2.05, 4.69) is 12.2 Å². The molecule has 0 bridgehead atoms. The van der Waals surface area contributed by atoms with E-state index in [1.165, 1.54) is 0 Å². The van der Waals surface area contributed by atoms with Crippen LogP contribution in [0.3, 0.4) is 0 Å². The number of benzene rings is 1. The lowest BCUT2D eigenvalue weighted by atomic mass is 10.2. The Bertz CT molecular complexity index is 440. The SMILES string of the molecule is CCCCN(CCO)CC(=O)Nc1cc(N)ccc1Cl. The van der Waals surface area contributed by atoms with Crippen molar-refractivity contribution in [2.24, 2.45) is 0 Å². The van der Waals surface area contributed by atoms with Crippen LogP contribution in [0.25, 0.3) is 0 Å². The molecule has 1 amide bonds. The minimum Gasteiger partial charge on any atom is -0.399 e. The third kappa shape index (κ3) is 5.77. The van der Waals surface area contributed by atoms with Gasteiger partial charge in [-0.25, -0.2) is 0 Å². The first-order valence-corrected chi connectivity index (χ1v) is 7.12. The van der Waals surface area contributed by atoms with Gasteiger partial charge in [-0.15, -0.1) is 0 Å². The zero-order chi connectivity index (χ0) is 15.0. The average Bonchev–Trinajstić information content (AvgIpc) is 2.40. The zero-order valence-electron chi connectivity index (χ0n) is 11.7. The van der Waals surface area contributed by atoms with Gasteiger partial charge in [0.2, 0.25) is 5.91 Å². The maximum Gasteiger partial charge on any atom is 0.238 e. The summed E-state index contributed by atoms with van der Waals surface area (Å²) in [6.45, 7) is 3.62. The van der Waals surface area contributed by atoms with E-state index in [4.69, 9.17) is 22.4 Å². The number of anilines is 2. The van der Waals surface area contributed by atoms with Gasteiger partial charge in [0.25, 0.3) is 0 Å². The van der Waals surface area contributed by atoms with Gasteiger partial charge in [-0.3, -0.25) is 9.69 Å². The molecule has 0 aliphatic rings. The number of nitrogen functional groups attached to an aromatic ring is 1. The smallest absolute Gasteiger partial charge is 0.238 e. The second-order valence-electron chi connectivity index (χ2n) is 4.64. The lowest BCUT2D eigenvalue weighted by Crippen LogP contribution is -2.36. The Balaban J connectivity index is 2.58. The molecule has 5 nitrogen and oxygen atoms in total. The zero-order valence-corrected chi connectivity index (χ0v) is 12.5. The van der Waals surface area contributed by atoms with Crippen LogP contribution in [0.15, 0.2) is 18.2 Å². The predicted molar refractivity (Wildman–Crippen MR) is 82.9 cm³/mol. The van der Waals surface area contributed by atoms with Crippen LogP contribution in [0.5, 0.6) is 0 Å². The van der Waals surface area contributed by atoms with E-state index in [1.807, 2.05) is 4.90 Å². The molecule has 0 atom stereocenters. The molecule has 0 aliphatic carbocycles. The lowest BCUT2D eigenvalue weighted by Gasteiger charge is -2.20. The van der Waals surface area contributed by atoms with Crippen molar-refractivity contribution in [3.8, 4) is 0 Å². The van der Waals surface area contributed by atoms with Gasteiger partial charge in [0.05, 0.1) is 23.9 Å². The quantitative estimate of drug-likeness (QED) is 0.641. The lowest BCUT2D eigenvalue weighted by molar-refractivity contribution is -0.117. The van der Waals surface area contributed by atoms with E-state index in [0.717, 1.165) is 19.4 Å². The van der Waals surface area contributed by atoms with Gasteiger partial charge in [0.1, 0.15) is 0 Å². The third-order valence-corrected chi connectivity index (χ3v) is 3.21. The summed E-state index contributed by atoms with van der Waals surface area (Å²) >= 11 is 6.00. The van der Waals surface area contributed by atoms with Gasteiger partial charge >= 0.3 is 0 Å². The van der Waals surface area contributed by atoms with Crippen LogP contribution >= 0.6 is 11.6 Å². The fourth-order valence-corrected chi connectivity index (χ4v) is 1.99. The largest absolute Gasteiger partial charge is 0.399 e. The van der Waals surface area contributed by atoms with Crippen molar-refractivity contribution in [1.82, 2.24) is 4.90 Å². The Hall–Kier alpha value is -1.30. The van der Waals surface area contributed by atoms with Crippen molar-refractivity contribution in [3.05, 3.63) is 23.2 Å². The Morgan fingerprint density at radius 2 is 2.20 bits per heavy atom. The molecular weight excluding hydrogens is 278 g/mol. The number of carbonyl (C=O) groups excluding carboxylic acids is 1. The molecule has 1 rings (SSSR count). The molecule has 1 aromatic rings. The predicted octanol–water partition coefficient (Wildman–Crippen LogP) is 1.96. The molecule has 0 heterocycles. The number of hydrogen-bond donors (Lipinski definition) is 3. The molecule has 0 unspecified atom stereocenters. The summed E-state index contributed by atoms with van der Waals surface area (Å²) in [5, 5.41) is 12.2. The first kappa shape index (κ1) is 16.8. The molecule has 6 heteroatoms. The number of hydrogen-bond acceptors (Lipinski definition) is 4. The van der Waals surface area contributed by atoms with E-state index < -0.39 is 0 Å². The van der Waals surface area contributed by atoms with Crippen molar-refractivity contribution >= 4 is 28.9 Å². The maximum atomic E-state index is 12.0. The van der Waals surface area contributed by atoms with Crippen LogP contribution in [0.4, 0.5) is 11.4 Å². The molecule has 112 valence electrons. The van der Waals surface area contributed by atoms with Crippen LogP contribution in [0.2, 0.25) is 5.02 Å². The number of aliphatic hydroxyl groups is 1. The summed E-state index contributed by atoms with van der Waals surface area (Å²) in [6.07, 6.45) is 2.04. The normalized spacial score (nSPS) is 10.8. The number of halogens is 1. The first-order valence-electron chi connectivity index (χ1n) is 6.75. The van der Waals surface area contributed by atoms with Crippen LogP contribution in [0.1, 0.15) is 19.8 Å².